The summed E-state index contributed by atoms with van der Waals surface area (Å²) >= 11 is 0. The molecule has 0 aliphatic heterocycles. The Kier molecular flexibility index (Phi) is 83.0. The zero-order valence-electron chi connectivity index (χ0n) is 90.6. The van der Waals surface area contributed by atoms with Gasteiger partial charge in [0.1, 0.15) is 91.4 Å². The van der Waals surface area contributed by atoms with E-state index in [0.717, 1.165) is 128 Å². The Hall–Kier alpha value is -7.56. The summed E-state index contributed by atoms with van der Waals surface area (Å²) in [4.78, 5) is 0. The van der Waals surface area contributed by atoms with Crippen molar-refractivity contribution < 1.29 is 171 Å². The zero-order chi connectivity index (χ0) is 105. The van der Waals surface area contributed by atoms with Crippen LogP contribution in [-0.2, 0) is 153 Å². The van der Waals surface area contributed by atoms with Gasteiger partial charge in [0.25, 0.3) is 0 Å². The highest BCUT2D eigenvalue weighted by atomic mass is 16.6. The fourth-order valence-corrected chi connectivity index (χ4v) is 14.3. The smallest absolute Gasteiger partial charge is 0.123 e. The molecule has 0 saturated carbocycles. The first kappa shape index (κ1) is 130. The Bertz CT molecular complexity index is 3420. The predicted octanol–water partition coefficient (Wildman–Crippen LogP) is 15.0. The van der Waals surface area contributed by atoms with Crippen LogP contribution in [0.5, 0.6) is 51.7 Å². The molecule has 0 atom stereocenters. The molecule has 0 amide bonds. The minimum Gasteiger partial charge on any atom is -0.494 e. The minimum absolute atomic E-state index is 0.353. The molecule has 6 aromatic rings. The number of benzene rings is 6. The molecule has 6 rings (SSSR count). The average Bonchev–Trinajstić information content (AvgIpc) is 0.761. The van der Waals surface area contributed by atoms with Crippen molar-refractivity contribution in [1.29, 1.82) is 0 Å². The molecule has 0 N–H and O–H groups in total. The van der Waals surface area contributed by atoms with Crippen LogP contribution in [-0.4, -0.2) is 399 Å². The van der Waals surface area contributed by atoms with Crippen LogP contribution in [0.1, 0.15) is 117 Å². The van der Waals surface area contributed by atoms with Crippen LogP contribution in [0.25, 0.3) is 0 Å². The van der Waals surface area contributed by atoms with Crippen molar-refractivity contribution in [2.45, 2.75) is 109 Å². The van der Waals surface area contributed by atoms with Crippen molar-refractivity contribution in [2.75, 3.05) is 399 Å². The molecule has 0 fully saturated rings. The number of rotatable bonds is 111. The topological polar surface area (TPSA) is 332 Å². The van der Waals surface area contributed by atoms with E-state index in [-0.39, 0.29) is 0 Å². The van der Waals surface area contributed by atoms with E-state index in [1.165, 1.54) is 0 Å². The molecule has 0 saturated heterocycles. The van der Waals surface area contributed by atoms with Gasteiger partial charge in [-0.25, -0.2) is 0 Å². The molecule has 0 unspecified atom stereocenters. The minimum atomic E-state index is -0.563. The molecule has 0 spiro atoms. The summed E-state index contributed by atoms with van der Waals surface area (Å²) in [7, 11) is 9.88. The van der Waals surface area contributed by atoms with Crippen molar-refractivity contribution in [1.82, 2.24) is 0 Å². The second kappa shape index (κ2) is 95.1. The number of hydrogen-bond acceptors (Lipinski definition) is 36. The fraction of sp³-hybridized carbons (Fsp3) is 0.681. The van der Waals surface area contributed by atoms with Crippen LogP contribution in [0.2, 0.25) is 0 Å². The molecule has 36 nitrogen and oxygen atoms in total. The summed E-state index contributed by atoms with van der Waals surface area (Å²) in [5, 5.41) is 0. The largest absolute Gasteiger partial charge is 0.494 e. The van der Waals surface area contributed by atoms with E-state index in [1.54, 1.807) is 42.7 Å². The van der Waals surface area contributed by atoms with Crippen molar-refractivity contribution in [3.05, 3.63) is 161 Å². The quantitative estimate of drug-likeness (QED) is 0.0253. The lowest BCUT2D eigenvalue weighted by Crippen LogP contribution is -2.25. The highest BCUT2D eigenvalue weighted by Crippen LogP contribution is 2.41. The number of methoxy groups -OCH3 is 6. The molecule has 0 aliphatic carbocycles. The van der Waals surface area contributed by atoms with Gasteiger partial charge in [0, 0.05) is 86.1 Å². The third kappa shape index (κ3) is 69.8. The Morgan fingerprint density at radius 3 is 0.436 bits per heavy atom. The van der Waals surface area contributed by atoms with Crippen molar-refractivity contribution in [3.8, 4) is 51.7 Å². The normalized spacial score (nSPS) is 11.6. The second-order valence-corrected chi connectivity index (χ2v) is 34.2. The summed E-state index contributed by atoms with van der Waals surface area (Å²) in [6.45, 7) is 29.4. The Balaban J connectivity index is 0.991. The lowest BCUT2D eigenvalue weighted by Gasteiger charge is -2.32. The fourth-order valence-electron chi connectivity index (χ4n) is 14.3. The Labute approximate surface area is 887 Å². The van der Waals surface area contributed by atoms with E-state index < -0.39 is 5.41 Å². The van der Waals surface area contributed by atoms with Gasteiger partial charge in [-0.15, -0.1) is 0 Å². The third-order valence-electron chi connectivity index (χ3n) is 22.3. The molecule has 0 aliphatic rings. The van der Waals surface area contributed by atoms with E-state index >= 15 is 0 Å². The first-order valence-electron chi connectivity index (χ1n) is 53.2. The summed E-state index contributed by atoms with van der Waals surface area (Å²) < 4.78 is 206. The molecular weight excluding hydrogens is 1930 g/mol. The Morgan fingerprint density at radius 1 is 0.134 bits per heavy atom. The first-order valence-corrected chi connectivity index (χ1v) is 53.2. The van der Waals surface area contributed by atoms with Gasteiger partial charge in [-0.2, -0.15) is 0 Å². The van der Waals surface area contributed by atoms with E-state index in [0.29, 0.717) is 411 Å². The van der Waals surface area contributed by atoms with Gasteiger partial charge >= 0.3 is 0 Å². The molecular formula is C113H180O36. The monoisotopic (exact) mass is 2110 g/mol. The standard InChI is InChI=1S/C113H180O36/c1-113(101-20-26-104(27-21-101)141-35-17-11-8-14-32-138-95-98-86-107(144-80-74-132-68-62-126-56-50-120-44-38-114-2)92-108(87-98)145-81-75-133-69-63-127-57-51-121-45-39-115-3,102-22-28-105(29-23-102)142-36-18-12-9-15-33-139-96-99-88-109(146-82-76-134-70-64-128-58-52-122-46-40-116-4)93-110(89-99)147-83-77-135-71-65-129-59-53-123-47-41-117-5)103-24-30-106(31-25-103)143-37-19-13-10-16-34-140-97-100-90-111(148-84-78-136-72-66-130-60-54-124-48-42-118-6)94-112(91-100)149-85-79-137-73-67-131-61-55-125-49-43-119-7/h20-31,86-94H,8-19,32-85,95-97H2,1-7H3. The third-order valence-corrected chi connectivity index (χ3v) is 22.3. The van der Waals surface area contributed by atoms with Gasteiger partial charge < -0.3 is 171 Å². The van der Waals surface area contributed by atoms with Gasteiger partial charge in [0.2, 0.25) is 0 Å². The maximum atomic E-state index is 6.41. The van der Waals surface area contributed by atoms with E-state index in [2.05, 4.69) is 79.7 Å². The summed E-state index contributed by atoms with van der Waals surface area (Å²) in [5.41, 5.74) is 5.59. The lowest BCUT2D eigenvalue weighted by molar-refractivity contribution is -0.000118. The van der Waals surface area contributed by atoms with Gasteiger partial charge in [-0.3, -0.25) is 0 Å². The lowest BCUT2D eigenvalue weighted by atomic mass is 9.71. The van der Waals surface area contributed by atoms with Crippen molar-refractivity contribution in [2.24, 2.45) is 0 Å². The molecule has 149 heavy (non-hydrogen) atoms. The average molecular weight is 2110 g/mol. The highest BCUT2D eigenvalue weighted by Gasteiger charge is 2.32. The van der Waals surface area contributed by atoms with Gasteiger partial charge in [0.15, 0.2) is 0 Å². The van der Waals surface area contributed by atoms with E-state index in [4.69, 9.17) is 171 Å². The van der Waals surface area contributed by atoms with Crippen molar-refractivity contribution >= 4 is 0 Å². The Morgan fingerprint density at radius 2 is 0.275 bits per heavy atom. The van der Waals surface area contributed by atoms with Gasteiger partial charge in [-0.1, -0.05) is 55.7 Å². The second-order valence-electron chi connectivity index (χ2n) is 34.2. The molecule has 36 heteroatoms. The van der Waals surface area contributed by atoms with Crippen LogP contribution >= 0.6 is 0 Å². The van der Waals surface area contributed by atoms with Crippen LogP contribution in [0.3, 0.4) is 0 Å². The summed E-state index contributed by atoms with van der Waals surface area (Å²) in [6.07, 6.45) is 11.4. The highest BCUT2D eigenvalue weighted by molar-refractivity contribution is 5.52. The summed E-state index contributed by atoms with van der Waals surface area (Å²) in [6, 6.07) is 43.1. The van der Waals surface area contributed by atoms with Crippen molar-refractivity contribution in [3.63, 3.8) is 0 Å². The van der Waals surface area contributed by atoms with Crippen LogP contribution in [0.15, 0.2) is 127 Å². The van der Waals surface area contributed by atoms with Crippen LogP contribution in [0, 0.1) is 0 Å². The van der Waals surface area contributed by atoms with E-state index in [1.807, 2.05) is 54.6 Å². The molecule has 0 radical (unpaired) electrons. The van der Waals surface area contributed by atoms with Crippen LogP contribution in [0.4, 0.5) is 0 Å². The molecule has 848 valence electrons. The number of hydrogen-bond donors (Lipinski definition) is 0. The maximum absolute atomic E-state index is 6.41. The van der Waals surface area contributed by atoms with E-state index in [9.17, 15) is 0 Å². The predicted molar refractivity (Wildman–Crippen MR) is 564 cm³/mol. The molecule has 0 bridgehead atoms. The summed E-state index contributed by atoms with van der Waals surface area (Å²) in [5.74, 6) is 6.41. The molecule has 0 heterocycles. The molecule has 6 aromatic carbocycles. The SMILES string of the molecule is COCCOCCOCCOCCOc1cc(COCCCCCCOc2ccc(C(C)(c3ccc(OCCCCCCOCc4cc(OCCOCCOCCOCCOC)cc(OCCOCCOCCOCCOC)c4)cc3)c3ccc(OCCCCCCOCc4cc(OCCOCCOCCOCCOC)cc(OCCOCCOCCOCCOC)c4)cc3)cc2)cc(OCCOCCOCCOCCOC)c1. The van der Waals surface area contributed by atoms with Crippen LogP contribution < -0.4 is 42.6 Å². The number of unbranched alkanes of at least 4 members (excludes halogenated alkanes) is 9. The first-order chi connectivity index (χ1) is 73.8. The zero-order valence-corrected chi connectivity index (χ0v) is 90.6. The van der Waals surface area contributed by atoms with Gasteiger partial charge in [-0.05, 0) is 171 Å². The van der Waals surface area contributed by atoms with Gasteiger partial charge in [0.05, 0.1) is 317 Å². The molecule has 0 aromatic heterocycles. The maximum Gasteiger partial charge on any atom is 0.123 e. The number of ether oxygens (including phenoxy) is 36.